The van der Waals surface area contributed by atoms with Gasteiger partial charge in [0.1, 0.15) is 11.5 Å². The van der Waals surface area contributed by atoms with Crippen LogP contribution < -0.4 is 4.74 Å². The van der Waals surface area contributed by atoms with Crippen molar-refractivity contribution in [2.24, 2.45) is 0 Å². The molecule has 0 bridgehead atoms. The number of hydrogen-bond acceptors (Lipinski definition) is 6. The van der Waals surface area contributed by atoms with Crippen LogP contribution in [0.25, 0.3) is 0 Å². The molecule has 0 aliphatic rings. The molecular weight excluding hydrogens is 436 g/mol. The van der Waals surface area contributed by atoms with E-state index in [1.54, 1.807) is 27.7 Å². The van der Waals surface area contributed by atoms with E-state index in [4.69, 9.17) is 34.3 Å². The third-order valence-corrected chi connectivity index (χ3v) is 3.28. The highest BCUT2D eigenvalue weighted by molar-refractivity contribution is 6.25. The molecule has 8 nitrogen and oxygen atoms in total. The molecular formula is C23H27ClN2O6. The van der Waals surface area contributed by atoms with Gasteiger partial charge < -0.3 is 9.84 Å². The molecule has 0 radical (unpaired) electrons. The Bertz CT molecular complexity index is 950. The first-order chi connectivity index (χ1) is 14.2. The Balaban J connectivity index is 0. The Hall–Kier alpha value is -3.75. The smallest absolute Gasteiger partial charge is 0.269 e. The monoisotopic (exact) mass is 462 g/mol. The predicted octanol–water partition coefficient (Wildman–Crippen LogP) is 5.96. The zero-order valence-corrected chi connectivity index (χ0v) is 18.3. The Kier molecular flexibility index (Phi) is 12.9. The van der Waals surface area contributed by atoms with Crippen molar-refractivity contribution in [3.05, 3.63) is 68.8 Å². The van der Waals surface area contributed by atoms with E-state index in [1.807, 2.05) is 0 Å². The van der Waals surface area contributed by atoms with E-state index in [0.717, 1.165) is 0 Å². The lowest BCUT2D eigenvalue weighted by molar-refractivity contribution is -0.385. The number of halogens is 1. The third-order valence-electron chi connectivity index (χ3n) is 3.17. The van der Waals surface area contributed by atoms with Gasteiger partial charge in [-0.15, -0.1) is 24.4 Å². The summed E-state index contributed by atoms with van der Waals surface area (Å²) in [6.45, 7) is 7.03. The topological polar surface area (TPSA) is 116 Å². The molecule has 0 heterocycles. The number of terminal acetylenes is 2. The molecule has 0 atom stereocenters. The fourth-order valence-electron chi connectivity index (χ4n) is 1.53. The maximum atomic E-state index is 10.4. The summed E-state index contributed by atoms with van der Waals surface area (Å²) < 4.78 is 5.43. The average molecular weight is 463 g/mol. The van der Waals surface area contributed by atoms with Gasteiger partial charge in [-0.1, -0.05) is 19.3 Å². The fourth-order valence-corrected chi connectivity index (χ4v) is 1.53. The molecule has 0 saturated carbocycles. The zero-order chi connectivity index (χ0) is 24.2. The lowest BCUT2D eigenvalue weighted by Gasteiger charge is -2.19. The summed E-state index contributed by atoms with van der Waals surface area (Å²) in [6, 6.07) is 10.8. The van der Waals surface area contributed by atoms with Gasteiger partial charge in [0.2, 0.25) is 0 Å². The number of benzene rings is 2. The van der Waals surface area contributed by atoms with Crippen molar-refractivity contribution in [3.8, 4) is 36.2 Å². The van der Waals surface area contributed by atoms with Gasteiger partial charge in [-0.3, -0.25) is 20.2 Å². The van der Waals surface area contributed by atoms with Gasteiger partial charge in [0, 0.05) is 24.3 Å². The number of nitro groups is 2. The lowest BCUT2D eigenvalue weighted by Crippen LogP contribution is -2.25. The number of nitro benzene ring substituents is 2. The quantitative estimate of drug-likeness (QED) is 0.259. The number of rotatable bonds is 4. The summed E-state index contributed by atoms with van der Waals surface area (Å²) in [4.78, 5) is 19.0. The van der Waals surface area contributed by atoms with E-state index in [1.165, 1.54) is 48.5 Å². The molecule has 0 aromatic heterocycles. The molecule has 1 N–H and O–H groups in total. The van der Waals surface area contributed by atoms with Crippen LogP contribution in [0.3, 0.4) is 0 Å². The minimum Gasteiger partial charge on any atom is -0.508 e. The lowest BCUT2D eigenvalue weighted by atomic mass is 10.1. The molecule has 2 aromatic carbocycles. The first kappa shape index (κ1) is 30.4. The number of non-ortho nitro benzene ring substituents is 2. The van der Waals surface area contributed by atoms with Crippen LogP contribution in [0.4, 0.5) is 11.4 Å². The van der Waals surface area contributed by atoms with E-state index in [0.29, 0.717) is 5.75 Å². The second-order valence-electron chi connectivity index (χ2n) is 6.90. The second-order valence-corrected chi connectivity index (χ2v) is 7.84. The summed E-state index contributed by atoms with van der Waals surface area (Å²) in [7, 11) is 0. The van der Waals surface area contributed by atoms with Gasteiger partial charge in [-0.05, 0) is 52.0 Å². The highest BCUT2D eigenvalue weighted by Crippen LogP contribution is 2.21. The maximum Gasteiger partial charge on any atom is 0.269 e. The van der Waals surface area contributed by atoms with E-state index >= 15 is 0 Å². The van der Waals surface area contributed by atoms with Crippen LogP contribution in [-0.4, -0.2) is 25.4 Å². The van der Waals surface area contributed by atoms with Crippen molar-refractivity contribution < 1.29 is 19.7 Å². The van der Waals surface area contributed by atoms with Crippen molar-refractivity contribution in [3.63, 3.8) is 0 Å². The molecule has 9 heteroatoms. The second kappa shape index (κ2) is 13.5. The third kappa shape index (κ3) is 13.5. The van der Waals surface area contributed by atoms with Crippen LogP contribution in [0.1, 0.15) is 35.1 Å². The Morgan fingerprint density at radius 3 is 1.50 bits per heavy atom. The number of nitrogens with zero attached hydrogens (tertiary/aromatic N) is 2. The van der Waals surface area contributed by atoms with E-state index in [-0.39, 0.29) is 24.6 Å². The summed E-state index contributed by atoms with van der Waals surface area (Å²) in [5.74, 6) is 5.39. The molecule has 172 valence electrons. The van der Waals surface area contributed by atoms with Gasteiger partial charge in [-0.25, -0.2) is 0 Å². The van der Waals surface area contributed by atoms with Crippen LogP contribution in [0.15, 0.2) is 48.5 Å². The van der Waals surface area contributed by atoms with Crippen LogP contribution in [-0.2, 0) is 0 Å². The molecule has 0 amide bonds. The molecule has 0 aliphatic heterocycles. The predicted molar refractivity (Wildman–Crippen MR) is 127 cm³/mol. The van der Waals surface area contributed by atoms with Gasteiger partial charge in [0.25, 0.3) is 11.4 Å². The minimum absolute atomic E-state index is 0. The number of alkyl halides is 1. The SMILES string of the molecule is C.C#CC(C)(C)Cl.C#CC(C)(C)Oc1ccc([N+](=O)[O-])cc1.O=[N+]([O-])c1ccc(O)cc1. The average Bonchev–Trinajstić information content (AvgIpc) is 2.69. The number of aromatic hydroxyl groups is 1. The Labute approximate surface area is 193 Å². The van der Waals surface area contributed by atoms with Crippen molar-refractivity contribution in [2.75, 3.05) is 0 Å². The van der Waals surface area contributed by atoms with Crippen molar-refractivity contribution in [1.82, 2.24) is 0 Å². The largest absolute Gasteiger partial charge is 0.508 e. The number of phenolic OH excluding ortho intramolecular Hbond substituents is 1. The summed E-state index contributed by atoms with van der Waals surface area (Å²) >= 11 is 5.48. The standard InChI is InChI=1S/C11H11NO3.C6H5NO3.C5H7Cl.CH4/c1-4-11(2,3)15-10-7-5-9(6-8-10)12(13)14;8-6-3-1-5(2-4-6)7(9)10;1-4-5(2,3)6;/h1,5-8H,2-3H3;1-4,8H;1H,2-3H3;1H4. The molecule has 32 heavy (non-hydrogen) atoms. The fraction of sp³-hybridized carbons (Fsp3) is 0.304. The van der Waals surface area contributed by atoms with Crippen molar-refractivity contribution in [1.29, 1.82) is 0 Å². The Morgan fingerprint density at radius 1 is 0.875 bits per heavy atom. The van der Waals surface area contributed by atoms with Crippen molar-refractivity contribution >= 4 is 23.0 Å². The summed E-state index contributed by atoms with van der Waals surface area (Å²) in [6.07, 6.45) is 10.2. The van der Waals surface area contributed by atoms with Gasteiger partial charge in [0.05, 0.1) is 14.7 Å². The molecule has 0 spiro atoms. The number of ether oxygens (including phenoxy) is 1. The van der Waals surface area contributed by atoms with Crippen LogP contribution in [0.5, 0.6) is 11.5 Å². The van der Waals surface area contributed by atoms with Crippen LogP contribution in [0, 0.1) is 44.9 Å². The molecule has 0 aliphatic carbocycles. The van der Waals surface area contributed by atoms with Gasteiger partial charge >= 0.3 is 0 Å². The van der Waals surface area contributed by atoms with Gasteiger partial charge in [-0.2, -0.15) is 0 Å². The Morgan fingerprint density at radius 2 is 1.22 bits per heavy atom. The normalized spacial score (nSPS) is 9.72. The van der Waals surface area contributed by atoms with Crippen LogP contribution >= 0.6 is 11.6 Å². The van der Waals surface area contributed by atoms with Crippen molar-refractivity contribution in [2.45, 2.75) is 45.6 Å². The first-order valence-corrected chi connectivity index (χ1v) is 9.10. The molecule has 0 fully saturated rings. The number of hydrogen-bond donors (Lipinski definition) is 1. The highest BCUT2D eigenvalue weighted by Gasteiger charge is 2.16. The number of phenols is 1. The van der Waals surface area contributed by atoms with Crippen LogP contribution in [0.2, 0.25) is 0 Å². The van der Waals surface area contributed by atoms with Gasteiger partial charge in [0.15, 0.2) is 5.60 Å². The zero-order valence-electron chi connectivity index (χ0n) is 17.5. The molecule has 0 saturated heterocycles. The highest BCUT2D eigenvalue weighted by atomic mass is 35.5. The summed E-state index contributed by atoms with van der Waals surface area (Å²) in [5, 5.41) is 29.1. The molecule has 2 rings (SSSR count). The summed E-state index contributed by atoms with van der Waals surface area (Å²) in [5.41, 5.74) is -0.700. The minimum atomic E-state index is -0.712. The van der Waals surface area contributed by atoms with E-state index < -0.39 is 20.3 Å². The molecule has 0 unspecified atom stereocenters. The van der Waals surface area contributed by atoms with E-state index in [2.05, 4.69) is 11.8 Å². The van der Waals surface area contributed by atoms with E-state index in [9.17, 15) is 20.2 Å². The molecule has 2 aromatic rings. The maximum absolute atomic E-state index is 10.4. The first-order valence-electron chi connectivity index (χ1n) is 8.72.